The molecule has 2 aliphatic heterocycles. The monoisotopic (exact) mass is 215 g/mol. The highest BCUT2D eigenvalue weighted by molar-refractivity contribution is 7.92. The standard InChI is InChI=1S/C10H17NO2S/c1-10(2,3)11-4-8-6-14(12,13)7-9(8)5-11/h4-7H2,1-3H3. The summed E-state index contributed by atoms with van der Waals surface area (Å²) in [5.74, 6) is 0.601. The summed E-state index contributed by atoms with van der Waals surface area (Å²) in [7, 11) is -2.78. The van der Waals surface area contributed by atoms with Crippen molar-refractivity contribution in [3.05, 3.63) is 11.1 Å². The minimum atomic E-state index is -2.78. The van der Waals surface area contributed by atoms with E-state index >= 15 is 0 Å². The molecule has 0 aromatic rings. The molecule has 0 saturated heterocycles. The van der Waals surface area contributed by atoms with Gasteiger partial charge < -0.3 is 0 Å². The van der Waals surface area contributed by atoms with Crippen LogP contribution in [-0.4, -0.2) is 43.5 Å². The van der Waals surface area contributed by atoms with E-state index in [4.69, 9.17) is 0 Å². The first-order chi connectivity index (χ1) is 6.28. The van der Waals surface area contributed by atoms with Gasteiger partial charge in [-0.15, -0.1) is 0 Å². The highest BCUT2D eigenvalue weighted by Crippen LogP contribution is 2.31. The van der Waals surface area contributed by atoms with Gasteiger partial charge in [0.15, 0.2) is 9.84 Å². The van der Waals surface area contributed by atoms with Crippen LogP contribution in [0, 0.1) is 0 Å². The second-order valence-electron chi connectivity index (χ2n) is 5.27. The lowest BCUT2D eigenvalue weighted by Crippen LogP contribution is -2.41. The highest BCUT2D eigenvalue weighted by Gasteiger charge is 2.37. The fraction of sp³-hybridized carbons (Fsp3) is 0.800. The molecule has 4 heteroatoms. The molecule has 0 N–H and O–H groups in total. The molecule has 0 aliphatic carbocycles. The van der Waals surface area contributed by atoms with Crippen molar-refractivity contribution in [3.8, 4) is 0 Å². The summed E-state index contributed by atoms with van der Waals surface area (Å²) in [6.07, 6.45) is 0. The Morgan fingerprint density at radius 3 is 1.86 bits per heavy atom. The lowest BCUT2D eigenvalue weighted by Gasteiger charge is -2.32. The summed E-state index contributed by atoms with van der Waals surface area (Å²) in [5, 5.41) is 0. The van der Waals surface area contributed by atoms with Crippen molar-refractivity contribution in [2.75, 3.05) is 24.6 Å². The molecular formula is C10H17NO2S. The third-order valence-corrected chi connectivity index (χ3v) is 4.58. The van der Waals surface area contributed by atoms with Gasteiger partial charge in [-0.2, -0.15) is 0 Å². The van der Waals surface area contributed by atoms with E-state index in [0.717, 1.165) is 24.2 Å². The molecule has 0 radical (unpaired) electrons. The first-order valence-electron chi connectivity index (χ1n) is 4.93. The molecule has 2 aliphatic rings. The third-order valence-electron chi connectivity index (χ3n) is 3.00. The molecule has 0 unspecified atom stereocenters. The normalized spacial score (nSPS) is 27.1. The van der Waals surface area contributed by atoms with Crippen LogP contribution in [-0.2, 0) is 9.84 Å². The van der Waals surface area contributed by atoms with Gasteiger partial charge in [-0.1, -0.05) is 0 Å². The quantitative estimate of drug-likeness (QED) is 0.562. The van der Waals surface area contributed by atoms with Crippen LogP contribution >= 0.6 is 0 Å². The number of rotatable bonds is 0. The molecule has 2 rings (SSSR count). The molecule has 3 nitrogen and oxygen atoms in total. The van der Waals surface area contributed by atoms with Gasteiger partial charge in [0.25, 0.3) is 0 Å². The largest absolute Gasteiger partial charge is 0.291 e. The van der Waals surface area contributed by atoms with E-state index in [0.29, 0.717) is 11.5 Å². The van der Waals surface area contributed by atoms with Crippen molar-refractivity contribution in [3.63, 3.8) is 0 Å². The van der Waals surface area contributed by atoms with Crippen molar-refractivity contribution in [2.45, 2.75) is 26.3 Å². The van der Waals surface area contributed by atoms with E-state index in [1.165, 1.54) is 0 Å². The summed E-state index contributed by atoms with van der Waals surface area (Å²) in [6.45, 7) is 8.20. The van der Waals surface area contributed by atoms with Crippen LogP contribution in [0.1, 0.15) is 20.8 Å². The number of hydrogen-bond acceptors (Lipinski definition) is 3. The maximum atomic E-state index is 11.3. The highest BCUT2D eigenvalue weighted by atomic mass is 32.2. The van der Waals surface area contributed by atoms with E-state index in [1.807, 2.05) is 0 Å². The fourth-order valence-corrected chi connectivity index (χ4v) is 3.85. The molecule has 0 atom stereocenters. The van der Waals surface area contributed by atoms with E-state index in [9.17, 15) is 8.42 Å². The first kappa shape index (κ1) is 10.2. The minimum Gasteiger partial charge on any atom is -0.291 e. The molecule has 0 aromatic heterocycles. The molecule has 0 saturated carbocycles. The molecule has 0 amide bonds. The predicted molar refractivity (Wildman–Crippen MR) is 57.0 cm³/mol. The average molecular weight is 215 g/mol. The zero-order valence-corrected chi connectivity index (χ0v) is 9.82. The van der Waals surface area contributed by atoms with Gasteiger partial charge in [-0.05, 0) is 31.9 Å². The smallest absolute Gasteiger partial charge is 0.158 e. The molecule has 0 aromatic carbocycles. The number of nitrogens with zero attached hydrogens (tertiary/aromatic N) is 1. The molecule has 80 valence electrons. The Kier molecular flexibility index (Phi) is 2.05. The Balaban J connectivity index is 2.12. The van der Waals surface area contributed by atoms with E-state index in [-0.39, 0.29) is 5.54 Å². The van der Waals surface area contributed by atoms with Crippen molar-refractivity contribution in [2.24, 2.45) is 0 Å². The van der Waals surface area contributed by atoms with E-state index < -0.39 is 9.84 Å². The SMILES string of the molecule is CC(C)(C)N1CC2=C(C1)CS(=O)(=O)C2. The minimum absolute atomic E-state index is 0.147. The van der Waals surface area contributed by atoms with Gasteiger partial charge in [0.2, 0.25) is 0 Å². The Hall–Kier alpha value is -0.350. The van der Waals surface area contributed by atoms with Gasteiger partial charge in [-0.3, -0.25) is 4.90 Å². The van der Waals surface area contributed by atoms with Crippen LogP contribution in [0.15, 0.2) is 11.1 Å². The maximum absolute atomic E-state index is 11.3. The molecule has 0 spiro atoms. The van der Waals surface area contributed by atoms with Crippen LogP contribution in [0.5, 0.6) is 0 Å². The second-order valence-corrected chi connectivity index (χ2v) is 7.33. The zero-order chi connectivity index (χ0) is 10.6. The van der Waals surface area contributed by atoms with Crippen molar-refractivity contribution in [1.29, 1.82) is 0 Å². The van der Waals surface area contributed by atoms with Crippen molar-refractivity contribution in [1.82, 2.24) is 4.90 Å². The second kappa shape index (κ2) is 2.83. The van der Waals surface area contributed by atoms with Crippen LogP contribution in [0.4, 0.5) is 0 Å². The summed E-state index contributed by atoms with van der Waals surface area (Å²) in [4.78, 5) is 2.34. The Morgan fingerprint density at radius 2 is 1.50 bits per heavy atom. The average Bonchev–Trinajstić information content (AvgIpc) is 2.37. The Bertz CT molecular complexity index is 363. The Morgan fingerprint density at radius 1 is 1.07 bits per heavy atom. The Labute approximate surface area is 85.7 Å². The molecule has 0 fully saturated rings. The van der Waals surface area contributed by atoms with Gasteiger partial charge in [0.1, 0.15) is 0 Å². The van der Waals surface area contributed by atoms with E-state index in [1.54, 1.807) is 0 Å². The first-order valence-corrected chi connectivity index (χ1v) is 6.75. The molecular weight excluding hydrogens is 198 g/mol. The van der Waals surface area contributed by atoms with Crippen LogP contribution in [0.25, 0.3) is 0 Å². The predicted octanol–water partition coefficient (Wildman–Crippen LogP) is 0.826. The van der Waals surface area contributed by atoms with Crippen LogP contribution in [0.3, 0.4) is 0 Å². The van der Waals surface area contributed by atoms with Crippen molar-refractivity contribution >= 4 is 9.84 Å². The van der Waals surface area contributed by atoms with Crippen LogP contribution < -0.4 is 0 Å². The number of hydrogen-bond donors (Lipinski definition) is 0. The lowest BCUT2D eigenvalue weighted by atomic mass is 10.1. The summed E-state index contributed by atoms with van der Waals surface area (Å²) >= 11 is 0. The number of sulfone groups is 1. The summed E-state index contributed by atoms with van der Waals surface area (Å²) in [6, 6.07) is 0. The van der Waals surface area contributed by atoms with E-state index in [2.05, 4.69) is 25.7 Å². The zero-order valence-electron chi connectivity index (χ0n) is 9.00. The fourth-order valence-electron chi connectivity index (χ4n) is 2.09. The third kappa shape index (κ3) is 1.73. The maximum Gasteiger partial charge on any atom is 0.158 e. The van der Waals surface area contributed by atoms with Gasteiger partial charge >= 0.3 is 0 Å². The molecule has 14 heavy (non-hydrogen) atoms. The molecule has 2 heterocycles. The molecule has 0 bridgehead atoms. The van der Waals surface area contributed by atoms with Gasteiger partial charge in [0, 0.05) is 18.6 Å². The topological polar surface area (TPSA) is 37.4 Å². The van der Waals surface area contributed by atoms with Crippen molar-refractivity contribution < 1.29 is 8.42 Å². The van der Waals surface area contributed by atoms with Crippen LogP contribution in [0.2, 0.25) is 0 Å². The lowest BCUT2D eigenvalue weighted by molar-refractivity contribution is 0.178. The van der Waals surface area contributed by atoms with Gasteiger partial charge in [-0.25, -0.2) is 8.42 Å². The summed E-state index contributed by atoms with van der Waals surface area (Å²) in [5.41, 5.74) is 2.45. The summed E-state index contributed by atoms with van der Waals surface area (Å²) < 4.78 is 22.7. The van der Waals surface area contributed by atoms with Gasteiger partial charge in [0.05, 0.1) is 11.5 Å².